The predicted octanol–water partition coefficient (Wildman–Crippen LogP) is 2.20. The van der Waals surface area contributed by atoms with Crippen LogP contribution in [-0.4, -0.2) is 36.3 Å². The van der Waals surface area contributed by atoms with Crippen molar-refractivity contribution < 1.29 is 4.74 Å². The van der Waals surface area contributed by atoms with Crippen LogP contribution in [0, 0.1) is 6.92 Å². The van der Waals surface area contributed by atoms with Crippen LogP contribution in [0.4, 0.5) is 11.8 Å². The van der Waals surface area contributed by atoms with E-state index in [4.69, 9.17) is 4.74 Å². The lowest BCUT2D eigenvalue weighted by Crippen LogP contribution is -2.16. The van der Waals surface area contributed by atoms with Gasteiger partial charge < -0.3 is 15.4 Å². The zero-order chi connectivity index (χ0) is 12.8. The Hall–Kier alpha value is -1.36. The molecule has 1 aliphatic rings. The van der Waals surface area contributed by atoms with Crippen molar-refractivity contribution in [1.29, 1.82) is 0 Å². The molecule has 1 saturated carbocycles. The Morgan fingerprint density at radius 2 is 2.11 bits per heavy atom. The van der Waals surface area contributed by atoms with E-state index in [0.29, 0.717) is 12.1 Å². The molecule has 0 atom stereocenters. The van der Waals surface area contributed by atoms with E-state index in [-0.39, 0.29) is 0 Å². The fourth-order valence-corrected chi connectivity index (χ4v) is 2.23. The monoisotopic (exact) mass is 250 g/mol. The normalized spacial score (nSPS) is 15.9. The van der Waals surface area contributed by atoms with E-state index >= 15 is 0 Å². The number of hydrogen-bond acceptors (Lipinski definition) is 5. The van der Waals surface area contributed by atoms with Crippen LogP contribution in [0.5, 0.6) is 0 Å². The first-order chi connectivity index (χ1) is 8.78. The van der Waals surface area contributed by atoms with Crippen molar-refractivity contribution in [1.82, 2.24) is 9.97 Å². The van der Waals surface area contributed by atoms with Gasteiger partial charge in [0.25, 0.3) is 0 Å². The quantitative estimate of drug-likeness (QED) is 0.758. The first-order valence-corrected chi connectivity index (χ1v) is 6.67. The number of anilines is 2. The lowest BCUT2D eigenvalue weighted by atomic mass is 10.3. The molecule has 1 aliphatic carbocycles. The number of ether oxygens (including phenoxy) is 1. The van der Waals surface area contributed by atoms with Gasteiger partial charge in [-0.3, -0.25) is 0 Å². The Labute approximate surface area is 108 Å². The summed E-state index contributed by atoms with van der Waals surface area (Å²) in [5, 5.41) is 6.22. The third kappa shape index (κ3) is 3.84. The van der Waals surface area contributed by atoms with Crippen LogP contribution in [0.15, 0.2) is 6.07 Å². The molecular weight excluding hydrogens is 228 g/mol. The van der Waals surface area contributed by atoms with Gasteiger partial charge in [0.1, 0.15) is 5.82 Å². The van der Waals surface area contributed by atoms with Gasteiger partial charge in [-0.15, -0.1) is 0 Å². The van der Waals surface area contributed by atoms with Crippen LogP contribution in [-0.2, 0) is 4.74 Å². The van der Waals surface area contributed by atoms with Gasteiger partial charge >= 0.3 is 0 Å². The predicted molar refractivity (Wildman–Crippen MR) is 73.0 cm³/mol. The summed E-state index contributed by atoms with van der Waals surface area (Å²) in [4.78, 5) is 8.58. The first-order valence-electron chi connectivity index (χ1n) is 6.67. The van der Waals surface area contributed by atoms with Crippen molar-refractivity contribution in [2.45, 2.75) is 38.7 Å². The van der Waals surface area contributed by atoms with Gasteiger partial charge in [0.05, 0.1) is 12.7 Å². The number of nitrogens with zero attached hydrogens (tertiary/aromatic N) is 2. The van der Waals surface area contributed by atoms with E-state index in [2.05, 4.69) is 20.6 Å². The molecule has 1 aromatic rings. The molecule has 2 rings (SSSR count). The van der Waals surface area contributed by atoms with Gasteiger partial charge in [0, 0.05) is 25.4 Å². The van der Waals surface area contributed by atoms with Crippen LogP contribution >= 0.6 is 0 Å². The maximum atomic E-state index is 5.79. The summed E-state index contributed by atoms with van der Waals surface area (Å²) in [6.07, 6.45) is 5.54. The fourth-order valence-electron chi connectivity index (χ4n) is 2.23. The zero-order valence-corrected chi connectivity index (χ0v) is 11.2. The van der Waals surface area contributed by atoms with Crippen LogP contribution in [0.1, 0.15) is 31.4 Å². The summed E-state index contributed by atoms with van der Waals surface area (Å²) in [5.41, 5.74) is 0.952. The van der Waals surface area contributed by atoms with Gasteiger partial charge in [-0.2, -0.15) is 4.98 Å². The van der Waals surface area contributed by atoms with Gasteiger partial charge in [-0.05, 0) is 19.8 Å². The molecule has 0 aliphatic heterocycles. The Morgan fingerprint density at radius 3 is 2.83 bits per heavy atom. The molecule has 1 aromatic heterocycles. The topological polar surface area (TPSA) is 59.1 Å². The summed E-state index contributed by atoms with van der Waals surface area (Å²) in [7, 11) is 1.82. The van der Waals surface area contributed by atoms with Crippen molar-refractivity contribution in [3.63, 3.8) is 0 Å². The molecule has 5 heteroatoms. The molecule has 1 heterocycles. The lowest BCUT2D eigenvalue weighted by Gasteiger charge is -2.12. The minimum absolute atomic E-state index is 0.479. The first kappa shape index (κ1) is 13.1. The van der Waals surface area contributed by atoms with Crippen molar-refractivity contribution >= 4 is 11.8 Å². The number of nitrogens with one attached hydrogen (secondary N) is 2. The SMILES string of the molecule is CNc1nc(C)cc(NCCOC2CCCC2)n1. The summed E-state index contributed by atoms with van der Waals surface area (Å²) in [5.74, 6) is 1.50. The Balaban J connectivity index is 1.73. The second-order valence-corrected chi connectivity index (χ2v) is 4.67. The van der Waals surface area contributed by atoms with Gasteiger partial charge in [0.15, 0.2) is 0 Å². The highest BCUT2D eigenvalue weighted by molar-refractivity contribution is 5.41. The molecule has 1 fully saturated rings. The minimum Gasteiger partial charge on any atom is -0.376 e. The third-order valence-corrected chi connectivity index (χ3v) is 3.14. The van der Waals surface area contributed by atoms with E-state index in [1.54, 1.807) is 0 Å². The molecule has 5 nitrogen and oxygen atoms in total. The molecule has 2 N–H and O–H groups in total. The Kier molecular flexibility index (Phi) is 4.75. The highest BCUT2D eigenvalue weighted by Gasteiger charge is 2.14. The highest BCUT2D eigenvalue weighted by atomic mass is 16.5. The van der Waals surface area contributed by atoms with Crippen LogP contribution in [0.2, 0.25) is 0 Å². The van der Waals surface area contributed by atoms with Gasteiger partial charge in [0.2, 0.25) is 5.95 Å². The molecule has 0 amide bonds. The zero-order valence-electron chi connectivity index (χ0n) is 11.2. The number of rotatable bonds is 6. The van der Waals surface area contributed by atoms with E-state index in [0.717, 1.165) is 24.7 Å². The van der Waals surface area contributed by atoms with Crippen molar-refractivity contribution in [2.24, 2.45) is 0 Å². The van der Waals surface area contributed by atoms with Gasteiger partial charge in [-0.1, -0.05) is 12.8 Å². The fraction of sp³-hybridized carbons (Fsp3) is 0.692. The van der Waals surface area contributed by atoms with E-state index in [1.165, 1.54) is 25.7 Å². The average molecular weight is 250 g/mol. The molecule has 0 spiro atoms. The minimum atomic E-state index is 0.479. The second-order valence-electron chi connectivity index (χ2n) is 4.67. The molecule has 0 bridgehead atoms. The maximum Gasteiger partial charge on any atom is 0.224 e. The van der Waals surface area contributed by atoms with Crippen molar-refractivity contribution in [2.75, 3.05) is 30.8 Å². The van der Waals surface area contributed by atoms with Gasteiger partial charge in [-0.25, -0.2) is 4.98 Å². The largest absolute Gasteiger partial charge is 0.376 e. The van der Waals surface area contributed by atoms with Crippen LogP contribution in [0.3, 0.4) is 0 Å². The number of hydrogen-bond donors (Lipinski definition) is 2. The molecule has 18 heavy (non-hydrogen) atoms. The lowest BCUT2D eigenvalue weighted by molar-refractivity contribution is 0.0658. The van der Waals surface area contributed by atoms with Crippen molar-refractivity contribution in [3.05, 3.63) is 11.8 Å². The average Bonchev–Trinajstić information content (AvgIpc) is 2.87. The standard InChI is InChI=1S/C13H22N4O/c1-10-9-12(17-13(14-2)16-10)15-7-8-18-11-5-3-4-6-11/h9,11H,3-8H2,1-2H3,(H2,14,15,16,17). The highest BCUT2D eigenvalue weighted by Crippen LogP contribution is 2.20. The van der Waals surface area contributed by atoms with E-state index < -0.39 is 0 Å². The van der Waals surface area contributed by atoms with E-state index in [1.807, 2.05) is 20.0 Å². The molecule has 0 aromatic carbocycles. The van der Waals surface area contributed by atoms with Crippen LogP contribution < -0.4 is 10.6 Å². The smallest absolute Gasteiger partial charge is 0.224 e. The van der Waals surface area contributed by atoms with Crippen molar-refractivity contribution in [3.8, 4) is 0 Å². The Morgan fingerprint density at radius 1 is 1.33 bits per heavy atom. The Bertz CT molecular complexity index is 377. The molecule has 100 valence electrons. The van der Waals surface area contributed by atoms with E-state index in [9.17, 15) is 0 Å². The number of aryl methyl sites for hydroxylation is 1. The third-order valence-electron chi connectivity index (χ3n) is 3.14. The molecule has 0 saturated heterocycles. The summed E-state index contributed by atoms with van der Waals surface area (Å²) in [6.45, 7) is 3.49. The molecular formula is C13H22N4O. The summed E-state index contributed by atoms with van der Waals surface area (Å²) < 4.78 is 5.79. The summed E-state index contributed by atoms with van der Waals surface area (Å²) in [6, 6.07) is 1.94. The maximum absolute atomic E-state index is 5.79. The second kappa shape index (κ2) is 6.54. The van der Waals surface area contributed by atoms with Crippen LogP contribution in [0.25, 0.3) is 0 Å². The number of aromatic nitrogens is 2. The molecule has 0 radical (unpaired) electrons. The summed E-state index contributed by atoms with van der Waals surface area (Å²) >= 11 is 0. The molecule has 0 unspecified atom stereocenters.